The van der Waals surface area contributed by atoms with E-state index in [1.165, 1.54) is 0 Å². The number of anilines is 1. The van der Waals surface area contributed by atoms with Gasteiger partial charge in [-0.05, 0) is 42.5 Å². The quantitative estimate of drug-likeness (QED) is 0.709. The van der Waals surface area contributed by atoms with Gasteiger partial charge in [0, 0.05) is 21.7 Å². The van der Waals surface area contributed by atoms with Crippen molar-refractivity contribution in [3.05, 3.63) is 47.5 Å². The maximum atomic E-state index is 12.1. The van der Waals surface area contributed by atoms with E-state index in [2.05, 4.69) is 10.3 Å². The molecule has 0 fully saturated rings. The first-order valence-corrected chi connectivity index (χ1v) is 7.69. The van der Waals surface area contributed by atoms with Crippen LogP contribution in [-0.2, 0) is 4.79 Å². The molecule has 0 saturated carbocycles. The summed E-state index contributed by atoms with van der Waals surface area (Å²) in [6, 6.07) is 12.7. The lowest BCUT2D eigenvalue weighted by molar-refractivity contribution is -0.123. The van der Waals surface area contributed by atoms with Crippen LogP contribution >= 0.6 is 11.6 Å². The van der Waals surface area contributed by atoms with E-state index in [9.17, 15) is 4.79 Å². The fourth-order valence-corrected chi connectivity index (χ4v) is 2.17. The van der Waals surface area contributed by atoms with Gasteiger partial charge >= 0.3 is 0 Å². The number of benzene rings is 2. The fourth-order valence-electron chi connectivity index (χ4n) is 2.04. The molecule has 0 unspecified atom stereocenters. The topological polar surface area (TPSA) is 55.1 Å². The Morgan fingerprint density at radius 3 is 2.48 bits per heavy atom. The summed E-state index contributed by atoms with van der Waals surface area (Å²) in [5, 5.41) is 3.56. The Kier molecular flexibility index (Phi) is 3.86. The highest BCUT2D eigenvalue weighted by atomic mass is 35.5. The van der Waals surface area contributed by atoms with Crippen LogP contribution in [-0.4, -0.2) is 10.9 Å². The zero-order valence-corrected chi connectivity index (χ0v) is 13.9. The Morgan fingerprint density at radius 1 is 1.13 bits per heavy atom. The van der Waals surface area contributed by atoms with Crippen LogP contribution < -0.4 is 5.32 Å². The van der Waals surface area contributed by atoms with E-state index < -0.39 is 5.41 Å². The molecule has 2 aromatic carbocycles. The average molecular weight is 329 g/mol. The van der Waals surface area contributed by atoms with Crippen molar-refractivity contribution in [1.82, 2.24) is 4.98 Å². The lowest BCUT2D eigenvalue weighted by Gasteiger charge is -2.17. The third kappa shape index (κ3) is 3.37. The van der Waals surface area contributed by atoms with Crippen molar-refractivity contribution < 1.29 is 9.21 Å². The number of hydrogen-bond donors (Lipinski definition) is 1. The Labute approximate surface area is 139 Å². The highest BCUT2D eigenvalue weighted by molar-refractivity contribution is 6.30. The van der Waals surface area contributed by atoms with Crippen LogP contribution in [0.15, 0.2) is 46.9 Å². The van der Waals surface area contributed by atoms with E-state index in [1.54, 1.807) is 18.2 Å². The minimum Gasteiger partial charge on any atom is -0.436 e. The zero-order valence-electron chi connectivity index (χ0n) is 13.2. The number of hydrogen-bond acceptors (Lipinski definition) is 3. The number of fused-ring (bicyclic) bond motifs is 1. The molecule has 0 atom stereocenters. The molecule has 1 heterocycles. The van der Waals surface area contributed by atoms with Crippen molar-refractivity contribution >= 4 is 34.3 Å². The standard InChI is InChI=1S/C18H17ClN2O2/c1-18(2,3)17(22)20-13-8-9-15-14(10-13)21-16(23-15)11-4-6-12(19)7-5-11/h4-10H,1-3H3,(H,20,22). The summed E-state index contributed by atoms with van der Waals surface area (Å²) >= 11 is 5.89. The molecule has 5 heteroatoms. The first-order chi connectivity index (χ1) is 10.8. The van der Waals surface area contributed by atoms with Crippen LogP contribution in [0.2, 0.25) is 5.02 Å². The summed E-state index contributed by atoms with van der Waals surface area (Å²) in [5.41, 5.74) is 2.47. The maximum absolute atomic E-state index is 12.1. The molecule has 0 aliphatic heterocycles. The summed E-state index contributed by atoms with van der Waals surface area (Å²) in [5.74, 6) is 0.481. The number of amides is 1. The van der Waals surface area contributed by atoms with Crippen LogP contribution in [0.5, 0.6) is 0 Å². The summed E-state index contributed by atoms with van der Waals surface area (Å²) < 4.78 is 5.75. The predicted octanol–water partition coefficient (Wildman–Crippen LogP) is 5.13. The number of carbonyl (C=O) groups is 1. The van der Waals surface area contributed by atoms with Gasteiger partial charge in [-0.15, -0.1) is 0 Å². The van der Waals surface area contributed by atoms with Crippen molar-refractivity contribution in [2.75, 3.05) is 5.32 Å². The van der Waals surface area contributed by atoms with Crippen LogP contribution in [0, 0.1) is 5.41 Å². The summed E-state index contributed by atoms with van der Waals surface area (Å²) in [6.45, 7) is 5.61. The van der Waals surface area contributed by atoms with Gasteiger partial charge in [-0.2, -0.15) is 0 Å². The molecule has 0 radical (unpaired) electrons. The number of rotatable bonds is 2. The molecule has 3 rings (SSSR count). The van der Waals surface area contributed by atoms with Crippen molar-refractivity contribution in [2.45, 2.75) is 20.8 Å². The summed E-state index contributed by atoms with van der Waals surface area (Å²) in [4.78, 5) is 16.5. The van der Waals surface area contributed by atoms with Gasteiger partial charge in [0.05, 0.1) is 0 Å². The normalized spacial score (nSPS) is 11.7. The molecule has 118 valence electrons. The number of carbonyl (C=O) groups excluding carboxylic acids is 1. The smallest absolute Gasteiger partial charge is 0.229 e. The van der Waals surface area contributed by atoms with Gasteiger partial charge in [0.25, 0.3) is 0 Å². The highest BCUT2D eigenvalue weighted by Gasteiger charge is 2.21. The number of nitrogens with zero attached hydrogens (tertiary/aromatic N) is 1. The Balaban J connectivity index is 1.92. The molecular formula is C18H17ClN2O2. The molecule has 0 spiro atoms. The third-order valence-electron chi connectivity index (χ3n) is 3.42. The van der Waals surface area contributed by atoms with E-state index in [4.69, 9.17) is 16.0 Å². The molecule has 0 saturated heterocycles. The molecule has 0 aliphatic rings. The minimum atomic E-state index is -0.451. The van der Waals surface area contributed by atoms with Gasteiger partial charge < -0.3 is 9.73 Å². The van der Waals surface area contributed by atoms with Crippen LogP contribution in [0.4, 0.5) is 5.69 Å². The maximum Gasteiger partial charge on any atom is 0.229 e. The molecule has 3 aromatic rings. The van der Waals surface area contributed by atoms with Gasteiger partial charge in [-0.3, -0.25) is 4.79 Å². The van der Waals surface area contributed by atoms with Gasteiger partial charge in [-0.25, -0.2) is 4.98 Å². The molecule has 23 heavy (non-hydrogen) atoms. The van der Waals surface area contributed by atoms with Crippen LogP contribution in [0.1, 0.15) is 20.8 Å². The lowest BCUT2D eigenvalue weighted by Crippen LogP contribution is -2.27. The Morgan fingerprint density at radius 2 is 1.83 bits per heavy atom. The number of halogens is 1. The number of oxazole rings is 1. The van der Waals surface area contributed by atoms with E-state index in [0.29, 0.717) is 27.7 Å². The van der Waals surface area contributed by atoms with E-state index in [0.717, 1.165) is 5.56 Å². The molecule has 1 aromatic heterocycles. The Hall–Kier alpha value is -2.33. The molecule has 0 aliphatic carbocycles. The second kappa shape index (κ2) is 5.70. The second-order valence-electron chi connectivity index (χ2n) is 6.41. The average Bonchev–Trinajstić information content (AvgIpc) is 2.90. The van der Waals surface area contributed by atoms with E-state index in [-0.39, 0.29) is 5.91 Å². The molecule has 0 bridgehead atoms. The van der Waals surface area contributed by atoms with E-state index in [1.807, 2.05) is 45.0 Å². The number of aromatic nitrogens is 1. The highest BCUT2D eigenvalue weighted by Crippen LogP contribution is 2.27. The van der Waals surface area contributed by atoms with E-state index >= 15 is 0 Å². The molecule has 4 nitrogen and oxygen atoms in total. The SMILES string of the molecule is CC(C)(C)C(=O)Nc1ccc2oc(-c3ccc(Cl)cc3)nc2c1. The van der Waals surface area contributed by atoms with Gasteiger partial charge in [0.15, 0.2) is 5.58 Å². The second-order valence-corrected chi connectivity index (χ2v) is 6.85. The Bertz CT molecular complexity index is 861. The largest absolute Gasteiger partial charge is 0.436 e. The van der Waals surface area contributed by atoms with Crippen LogP contribution in [0.3, 0.4) is 0 Å². The van der Waals surface area contributed by atoms with Crippen molar-refractivity contribution in [3.8, 4) is 11.5 Å². The van der Waals surface area contributed by atoms with Crippen LogP contribution in [0.25, 0.3) is 22.6 Å². The number of nitrogens with one attached hydrogen (secondary N) is 1. The summed E-state index contributed by atoms with van der Waals surface area (Å²) in [7, 11) is 0. The predicted molar refractivity (Wildman–Crippen MR) is 92.5 cm³/mol. The zero-order chi connectivity index (χ0) is 16.6. The third-order valence-corrected chi connectivity index (χ3v) is 3.67. The molecule has 1 amide bonds. The summed E-state index contributed by atoms with van der Waals surface area (Å²) in [6.07, 6.45) is 0. The van der Waals surface area contributed by atoms with Gasteiger partial charge in [0.2, 0.25) is 11.8 Å². The first kappa shape index (κ1) is 15.6. The minimum absolute atomic E-state index is 0.0433. The first-order valence-electron chi connectivity index (χ1n) is 7.31. The lowest BCUT2D eigenvalue weighted by atomic mass is 9.95. The monoisotopic (exact) mass is 328 g/mol. The fraction of sp³-hybridized carbons (Fsp3) is 0.222. The van der Waals surface area contributed by atoms with Gasteiger partial charge in [0.1, 0.15) is 5.52 Å². The van der Waals surface area contributed by atoms with Gasteiger partial charge in [-0.1, -0.05) is 32.4 Å². The van der Waals surface area contributed by atoms with Crippen molar-refractivity contribution in [3.63, 3.8) is 0 Å². The van der Waals surface area contributed by atoms with Crippen molar-refractivity contribution in [1.29, 1.82) is 0 Å². The molecular weight excluding hydrogens is 312 g/mol. The van der Waals surface area contributed by atoms with Crippen molar-refractivity contribution in [2.24, 2.45) is 5.41 Å². The molecule has 1 N–H and O–H groups in total.